The molecule has 0 aliphatic heterocycles. The largest absolute Gasteiger partial charge is 0.469 e. The van der Waals surface area contributed by atoms with Gasteiger partial charge < -0.3 is 9.73 Å². The minimum atomic E-state index is -0.110. The molecule has 0 spiro atoms. The van der Waals surface area contributed by atoms with Gasteiger partial charge in [-0.15, -0.1) is 0 Å². The molecule has 0 unspecified atom stereocenters. The summed E-state index contributed by atoms with van der Waals surface area (Å²) in [4.78, 5) is 16.3. The number of amides is 1. The molecule has 2 aromatic heterocycles. The van der Waals surface area contributed by atoms with Crippen molar-refractivity contribution in [2.24, 2.45) is 0 Å². The summed E-state index contributed by atoms with van der Waals surface area (Å²) < 4.78 is 5.23. The minimum absolute atomic E-state index is 0.110. The van der Waals surface area contributed by atoms with Gasteiger partial charge in [-0.25, -0.2) is 0 Å². The zero-order valence-corrected chi connectivity index (χ0v) is 10.9. The molecular weight excluding hydrogens is 252 g/mol. The van der Waals surface area contributed by atoms with Crippen molar-refractivity contribution >= 4 is 16.7 Å². The van der Waals surface area contributed by atoms with Crippen LogP contribution in [-0.4, -0.2) is 17.4 Å². The SMILES string of the molecule is O=C(NCCc1ccco1)c1cncc2ccccc12. The molecule has 3 aromatic rings. The van der Waals surface area contributed by atoms with E-state index in [1.54, 1.807) is 18.7 Å². The van der Waals surface area contributed by atoms with Gasteiger partial charge in [-0.3, -0.25) is 9.78 Å². The molecule has 0 aliphatic rings. The number of aromatic nitrogens is 1. The first kappa shape index (κ1) is 12.4. The monoisotopic (exact) mass is 266 g/mol. The van der Waals surface area contributed by atoms with Crippen LogP contribution < -0.4 is 5.32 Å². The molecule has 0 radical (unpaired) electrons. The Morgan fingerprint density at radius 3 is 2.90 bits per heavy atom. The molecule has 1 aromatic carbocycles. The Morgan fingerprint density at radius 1 is 1.15 bits per heavy atom. The summed E-state index contributed by atoms with van der Waals surface area (Å²) in [5, 5.41) is 4.77. The standard InChI is InChI=1S/C16H14N2O2/c19-16(18-8-7-13-5-3-9-20-13)15-11-17-10-12-4-1-2-6-14(12)15/h1-6,9-11H,7-8H2,(H,18,19). The van der Waals surface area contributed by atoms with Crippen molar-refractivity contribution < 1.29 is 9.21 Å². The zero-order valence-electron chi connectivity index (χ0n) is 10.9. The topological polar surface area (TPSA) is 55.1 Å². The zero-order chi connectivity index (χ0) is 13.8. The Hall–Kier alpha value is -2.62. The summed E-state index contributed by atoms with van der Waals surface area (Å²) in [6.45, 7) is 0.537. The lowest BCUT2D eigenvalue weighted by Gasteiger charge is -2.06. The molecule has 1 amide bonds. The average molecular weight is 266 g/mol. The first-order chi connectivity index (χ1) is 9.84. The van der Waals surface area contributed by atoms with E-state index < -0.39 is 0 Å². The van der Waals surface area contributed by atoms with Crippen molar-refractivity contribution in [3.05, 3.63) is 66.4 Å². The second kappa shape index (κ2) is 5.57. The van der Waals surface area contributed by atoms with Gasteiger partial charge in [0.25, 0.3) is 5.91 Å². The van der Waals surface area contributed by atoms with Crippen LogP contribution in [0.15, 0.2) is 59.5 Å². The second-order valence-corrected chi connectivity index (χ2v) is 4.49. The van der Waals surface area contributed by atoms with Crippen molar-refractivity contribution in [2.75, 3.05) is 6.54 Å². The molecule has 0 saturated carbocycles. The van der Waals surface area contributed by atoms with Crippen molar-refractivity contribution in [3.8, 4) is 0 Å². The fourth-order valence-electron chi connectivity index (χ4n) is 2.15. The number of carbonyl (C=O) groups excluding carboxylic acids is 1. The van der Waals surface area contributed by atoms with E-state index in [1.807, 2.05) is 36.4 Å². The number of nitrogens with zero attached hydrogens (tertiary/aromatic N) is 1. The van der Waals surface area contributed by atoms with E-state index in [0.717, 1.165) is 16.5 Å². The van der Waals surface area contributed by atoms with Crippen LogP contribution in [0.25, 0.3) is 10.8 Å². The maximum Gasteiger partial charge on any atom is 0.253 e. The molecular formula is C16H14N2O2. The van der Waals surface area contributed by atoms with Crippen LogP contribution >= 0.6 is 0 Å². The summed E-state index contributed by atoms with van der Waals surface area (Å²) in [6, 6.07) is 11.5. The summed E-state index contributed by atoms with van der Waals surface area (Å²) in [6.07, 6.45) is 5.67. The lowest BCUT2D eigenvalue weighted by molar-refractivity contribution is 0.0955. The Labute approximate surface area is 116 Å². The number of nitrogens with one attached hydrogen (secondary N) is 1. The number of pyridine rings is 1. The third kappa shape index (κ3) is 2.54. The third-order valence-corrected chi connectivity index (χ3v) is 3.15. The van der Waals surface area contributed by atoms with Crippen LogP contribution in [0.2, 0.25) is 0 Å². The lowest BCUT2D eigenvalue weighted by atomic mass is 10.1. The molecule has 100 valence electrons. The van der Waals surface area contributed by atoms with Gasteiger partial charge >= 0.3 is 0 Å². The van der Waals surface area contributed by atoms with Gasteiger partial charge in [0.1, 0.15) is 5.76 Å². The first-order valence-corrected chi connectivity index (χ1v) is 6.48. The van der Waals surface area contributed by atoms with Gasteiger partial charge in [-0.1, -0.05) is 24.3 Å². The van der Waals surface area contributed by atoms with Crippen molar-refractivity contribution in [1.82, 2.24) is 10.3 Å². The van der Waals surface area contributed by atoms with Crippen molar-refractivity contribution in [1.29, 1.82) is 0 Å². The highest BCUT2D eigenvalue weighted by Gasteiger charge is 2.09. The fraction of sp³-hybridized carbons (Fsp3) is 0.125. The van der Waals surface area contributed by atoms with Gasteiger partial charge in [0.2, 0.25) is 0 Å². The van der Waals surface area contributed by atoms with Crippen LogP contribution in [-0.2, 0) is 6.42 Å². The van der Waals surface area contributed by atoms with Crippen molar-refractivity contribution in [2.45, 2.75) is 6.42 Å². The van der Waals surface area contributed by atoms with E-state index in [0.29, 0.717) is 18.5 Å². The predicted molar refractivity (Wildman–Crippen MR) is 76.5 cm³/mol. The highest BCUT2D eigenvalue weighted by atomic mass is 16.3. The quantitative estimate of drug-likeness (QED) is 0.790. The maximum atomic E-state index is 12.2. The molecule has 0 atom stereocenters. The molecule has 3 rings (SSSR count). The van der Waals surface area contributed by atoms with E-state index >= 15 is 0 Å². The van der Waals surface area contributed by atoms with E-state index in [-0.39, 0.29) is 5.91 Å². The number of hydrogen-bond donors (Lipinski definition) is 1. The van der Waals surface area contributed by atoms with Crippen LogP contribution in [0.1, 0.15) is 16.1 Å². The molecule has 0 bridgehead atoms. The summed E-state index contributed by atoms with van der Waals surface area (Å²) >= 11 is 0. The van der Waals surface area contributed by atoms with E-state index in [4.69, 9.17) is 4.42 Å². The fourth-order valence-corrected chi connectivity index (χ4v) is 2.15. The van der Waals surface area contributed by atoms with E-state index in [1.165, 1.54) is 0 Å². The maximum absolute atomic E-state index is 12.2. The Balaban J connectivity index is 1.72. The molecule has 0 saturated heterocycles. The summed E-state index contributed by atoms with van der Waals surface area (Å²) in [5.41, 5.74) is 0.600. The average Bonchev–Trinajstić information content (AvgIpc) is 3.00. The normalized spacial score (nSPS) is 10.6. The van der Waals surface area contributed by atoms with Gasteiger partial charge in [-0.2, -0.15) is 0 Å². The molecule has 0 aliphatic carbocycles. The number of benzene rings is 1. The van der Waals surface area contributed by atoms with Gasteiger partial charge in [0, 0.05) is 30.7 Å². The van der Waals surface area contributed by atoms with Gasteiger partial charge in [-0.05, 0) is 17.5 Å². The highest BCUT2D eigenvalue weighted by Crippen LogP contribution is 2.16. The van der Waals surface area contributed by atoms with Crippen LogP contribution in [0, 0.1) is 0 Å². The minimum Gasteiger partial charge on any atom is -0.469 e. The molecule has 4 nitrogen and oxygen atoms in total. The van der Waals surface area contributed by atoms with Crippen molar-refractivity contribution in [3.63, 3.8) is 0 Å². The molecule has 0 fully saturated rings. The first-order valence-electron chi connectivity index (χ1n) is 6.48. The Morgan fingerprint density at radius 2 is 2.05 bits per heavy atom. The van der Waals surface area contributed by atoms with Gasteiger partial charge in [0.05, 0.1) is 11.8 Å². The molecule has 20 heavy (non-hydrogen) atoms. The number of hydrogen-bond acceptors (Lipinski definition) is 3. The number of carbonyl (C=O) groups is 1. The summed E-state index contributed by atoms with van der Waals surface area (Å²) in [5.74, 6) is 0.752. The van der Waals surface area contributed by atoms with Crippen LogP contribution in [0.4, 0.5) is 0 Å². The Kier molecular flexibility index (Phi) is 3.46. The molecule has 2 heterocycles. The Bertz CT molecular complexity index is 715. The highest BCUT2D eigenvalue weighted by molar-refractivity contribution is 6.06. The smallest absolute Gasteiger partial charge is 0.253 e. The van der Waals surface area contributed by atoms with Crippen LogP contribution in [0.5, 0.6) is 0 Å². The summed E-state index contributed by atoms with van der Waals surface area (Å²) in [7, 11) is 0. The lowest BCUT2D eigenvalue weighted by Crippen LogP contribution is -2.25. The number of rotatable bonds is 4. The number of furan rings is 1. The van der Waals surface area contributed by atoms with Gasteiger partial charge in [0.15, 0.2) is 0 Å². The third-order valence-electron chi connectivity index (χ3n) is 3.15. The predicted octanol–water partition coefficient (Wildman–Crippen LogP) is 2.80. The van der Waals surface area contributed by atoms with E-state index in [2.05, 4.69) is 10.3 Å². The number of fused-ring (bicyclic) bond motifs is 1. The van der Waals surface area contributed by atoms with Crippen LogP contribution in [0.3, 0.4) is 0 Å². The second-order valence-electron chi connectivity index (χ2n) is 4.49. The molecule has 1 N–H and O–H groups in total. The van der Waals surface area contributed by atoms with E-state index in [9.17, 15) is 4.79 Å². The molecule has 4 heteroatoms.